The van der Waals surface area contributed by atoms with Crippen molar-refractivity contribution < 1.29 is 0 Å². The van der Waals surface area contributed by atoms with Crippen LogP contribution in [0.4, 0.5) is 0 Å². The Morgan fingerprint density at radius 1 is 0.750 bits per heavy atom. The van der Waals surface area contributed by atoms with Crippen molar-refractivity contribution in [2.45, 2.75) is 57.2 Å². The fraction of sp³-hybridized carbons (Fsp3) is 1.00. The van der Waals surface area contributed by atoms with Gasteiger partial charge in [-0.15, -0.1) is 0 Å². The molecule has 0 spiro atoms. The molecule has 2 saturated carbocycles. The zero-order valence-electron chi connectivity index (χ0n) is 8.39. The smallest absolute Gasteiger partial charge is 0.0694 e. The van der Waals surface area contributed by atoms with Gasteiger partial charge in [-0.05, 0) is 11.8 Å². The van der Waals surface area contributed by atoms with Crippen LogP contribution in [-0.2, 0) is 0 Å². The predicted octanol–water partition coefficient (Wildman–Crippen LogP) is 2.79. The molecule has 2 fully saturated rings. The molecule has 0 aliphatic heterocycles. The number of hydrogen-bond acceptors (Lipinski definition) is 0. The second kappa shape index (κ2) is 3.85. The van der Waals surface area contributed by atoms with Crippen molar-refractivity contribution in [3.8, 4) is 0 Å². The predicted molar refractivity (Wildman–Crippen MR) is 56.2 cm³/mol. The summed E-state index contributed by atoms with van der Waals surface area (Å²) in [6.07, 6.45) is 12.3. The van der Waals surface area contributed by atoms with Crippen molar-refractivity contribution in [1.82, 2.24) is 0 Å². The summed E-state index contributed by atoms with van der Waals surface area (Å²) in [5, 5.41) is 0. The molecule has 0 N–H and O–H groups in total. The highest BCUT2D eigenvalue weighted by molar-refractivity contribution is 6.11. The third-order valence-corrected chi connectivity index (χ3v) is 4.04. The molecule has 2 atom stereocenters. The van der Waals surface area contributed by atoms with Crippen molar-refractivity contribution in [2.24, 2.45) is 11.8 Å². The lowest BCUT2D eigenvalue weighted by Gasteiger charge is -2.31. The molecule has 0 saturated heterocycles. The van der Waals surface area contributed by atoms with E-state index in [1.807, 2.05) is 0 Å². The molecule has 2 aliphatic rings. The largest absolute Gasteiger partial charge is 0.105 e. The molecule has 0 nitrogen and oxygen atoms in total. The van der Waals surface area contributed by atoms with Crippen molar-refractivity contribution >= 4 is 7.85 Å². The molecular weight excluding hydrogens is 143 g/mol. The number of hydrogen-bond donors (Lipinski definition) is 0. The van der Waals surface area contributed by atoms with E-state index in [2.05, 4.69) is 7.85 Å². The minimum Gasteiger partial charge on any atom is -0.0694 e. The van der Waals surface area contributed by atoms with E-state index in [0.717, 1.165) is 17.7 Å². The SMILES string of the molecule is BC1CCCC(C2CCCC2)C1. The van der Waals surface area contributed by atoms with Gasteiger partial charge in [-0.3, -0.25) is 0 Å². The summed E-state index contributed by atoms with van der Waals surface area (Å²) in [5.74, 6) is 3.29. The molecule has 12 heavy (non-hydrogen) atoms. The summed E-state index contributed by atoms with van der Waals surface area (Å²) in [6, 6.07) is 0. The molecule has 0 aromatic rings. The Morgan fingerprint density at radius 2 is 1.42 bits per heavy atom. The van der Waals surface area contributed by atoms with E-state index in [0.29, 0.717) is 0 Å². The van der Waals surface area contributed by atoms with E-state index in [-0.39, 0.29) is 0 Å². The fourth-order valence-corrected chi connectivity index (χ4v) is 3.34. The van der Waals surface area contributed by atoms with Crippen LogP contribution in [0.5, 0.6) is 0 Å². The molecule has 1 heteroatoms. The van der Waals surface area contributed by atoms with Crippen molar-refractivity contribution in [1.29, 1.82) is 0 Å². The molecule has 0 aromatic heterocycles. The first kappa shape index (κ1) is 8.65. The van der Waals surface area contributed by atoms with Gasteiger partial charge in [-0.1, -0.05) is 57.2 Å². The van der Waals surface area contributed by atoms with E-state index in [1.54, 1.807) is 25.7 Å². The number of rotatable bonds is 1. The van der Waals surface area contributed by atoms with E-state index >= 15 is 0 Å². The van der Waals surface area contributed by atoms with Crippen LogP contribution in [0.2, 0.25) is 5.82 Å². The van der Waals surface area contributed by atoms with Crippen LogP contribution in [0.15, 0.2) is 0 Å². The maximum Gasteiger partial charge on any atom is 0.105 e. The monoisotopic (exact) mass is 164 g/mol. The highest BCUT2D eigenvalue weighted by Gasteiger charge is 2.28. The average molecular weight is 164 g/mol. The molecule has 2 aliphatic carbocycles. The summed E-state index contributed by atoms with van der Waals surface area (Å²) in [7, 11) is 2.45. The summed E-state index contributed by atoms with van der Waals surface area (Å²) in [4.78, 5) is 0. The van der Waals surface area contributed by atoms with E-state index in [1.165, 1.54) is 25.7 Å². The zero-order valence-corrected chi connectivity index (χ0v) is 8.39. The second-order valence-electron chi connectivity index (χ2n) is 5.08. The first-order valence-corrected chi connectivity index (χ1v) is 5.86. The molecule has 2 unspecified atom stereocenters. The van der Waals surface area contributed by atoms with Gasteiger partial charge < -0.3 is 0 Å². The highest BCUT2D eigenvalue weighted by atomic mass is 14.3. The van der Waals surface area contributed by atoms with Gasteiger partial charge >= 0.3 is 0 Å². The lowest BCUT2D eigenvalue weighted by molar-refractivity contribution is 0.252. The average Bonchev–Trinajstić information content (AvgIpc) is 2.56. The van der Waals surface area contributed by atoms with Gasteiger partial charge in [0.05, 0.1) is 0 Å². The van der Waals surface area contributed by atoms with Crippen molar-refractivity contribution in [2.75, 3.05) is 0 Å². The molecule has 0 radical (unpaired) electrons. The van der Waals surface area contributed by atoms with E-state index in [4.69, 9.17) is 0 Å². The highest BCUT2D eigenvalue weighted by Crippen LogP contribution is 2.41. The van der Waals surface area contributed by atoms with Crippen molar-refractivity contribution in [3.63, 3.8) is 0 Å². The Morgan fingerprint density at radius 3 is 2.08 bits per heavy atom. The molecule has 0 aromatic carbocycles. The van der Waals surface area contributed by atoms with E-state index < -0.39 is 0 Å². The molecule has 0 amide bonds. The standard InChI is InChI=1S/C11H21B/c12-11-7-3-6-10(8-11)9-4-1-2-5-9/h9-11H,1-8,12H2. The molecule has 2 rings (SSSR count). The summed E-state index contributed by atoms with van der Waals surface area (Å²) < 4.78 is 0. The van der Waals surface area contributed by atoms with Gasteiger partial charge in [0.1, 0.15) is 7.85 Å². The Kier molecular flexibility index (Phi) is 2.78. The summed E-state index contributed by atoms with van der Waals surface area (Å²) >= 11 is 0. The first-order valence-electron chi connectivity index (χ1n) is 5.86. The Hall–Kier alpha value is 0.0649. The fourth-order valence-electron chi connectivity index (χ4n) is 3.34. The van der Waals surface area contributed by atoms with Crippen LogP contribution in [-0.4, -0.2) is 7.85 Å². The molecule has 68 valence electrons. The Labute approximate surface area is 77.5 Å². The van der Waals surface area contributed by atoms with Gasteiger partial charge in [0.25, 0.3) is 0 Å². The van der Waals surface area contributed by atoms with Crippen LogP contribution in [0, 0.1) is 11.8 Å². The van der Waals surface area contributed by atoms with Crippen molar-refractivity contribution in [3.05, 3.63) is 0 Å². The zero-order chi connectivity index (χ0) is 8.39. The van der Waals surface area contributed by atoms with Crippen LogP contribution >= 0.6 is 0 Å². The second-order valence-corrected chi connectivity index (χ2v) is 5.08. The lowest BCUT2D eigenvalue weighted by Crippen LogP contribution is -2.18. The normalized spacial score (nSPS) is 38.7. The Balaban J connectivity index is 1.85. The topological polar surface area (TPSA) is 0 Å². The Bertz CT molecular complexity index is 138. The third-order valence-electron chi connectivity index (χ3n) is 4.04. The minimum absolute atomic E-state index is 1.03. The van der Waals surface area contributed by atoms with Crippen LogP contribution in [0.25, 0.3) is 0 Å². The molecule has 0 heterocycles. The first-order chi connectivity index (χ1) is 5.86. The van der Waals surface area contributed by atoms with Gasteiger partial charge in [-0.25, -0.2) is 0 Å². The molecular formula is C11H21B. The van der Waals surface area contributed by atoms with Crippen LogP contribution in [0.3, 0.4) is 0 Å². The van der Waals surface area contributed by atoms with Crippen LogP contribution in [0.1, 0.15) is 51.4 Å². The van der Waals surface area contributed by atoms with E-state index in [9.17, 15) is 0 Å². The summed E-state index contributed by atoms with van der Waals surface area (Å²) in [5.41, 5.74) is 0. The van der Waals surface area contributed by atoms with Gasteiger partial charge in [0.15, 0.2) is 0 Å². The quantitative estimate of drug-likeness (QED) is 0.522. The maximum atomic E-state index is 2.45. The van der Waals surface area contributed by atoms with Crippen LogP contribution < -0.4 is 0 Å². The van der Waals surface area contributed by atoms with Gasteiger partial charge in [-0.2, -0.15) is 0 Å². The van der Waals surface area contributed by atoms with Gasteiger partial charge in [0, 0.05) is 0 Å². The maximum absolute atomic E-state index is 2.45. The lowest BCUT2D eigenvalue weighted by atomic mass is 9.67. The third kappa shape index (κ3) is 1.86. The van der Waals surface area contributed by atoms with Gasteiger partial charge in [0.2, 0.25) is 0 Å². The minimum atomic E-state index is 1.03. The molecule has 0 bridgehead atoms. The summed E-state index contributed by atoms with van der Waals surface area (Å²) in [6.45, 7) is 0.